The molecule has 23 heteroatoms. The number of pyridine rings is 1. The van der Waals surface area contributed by atoms with Gasteiger partial charge in [-0.2, -0.15) is 0 Å². The summed E-state index contributed by atoms with van der Waals surface area (Å²) in [6.45, 7) is 1.85. The lowest BCUT2D eigenvalue weighted by Crippen LogP contribution is -2.66. The van der Waals surface area contributed by atoms with Crippen LogP contribution in [0.5, 0.6) is 23.1 Å². The van der Waals surface area contributed by atoms with Crippen LogP contribution in [0.1, 0.15) is 59.1 Å². The third-order valence-corrected chi connectivity index (χ3v) is 13.1. The molecule has 1 aliphatic carbocycles. The number of aromatic nitrogens is 1. The molecule has 398 valence electrons. The number of nitrogens with zero attached hydrogens (tertiary/aromatic N) is 6. The minimum atomic E-state index is -1.11. The van der Waals surface area contributed by atoms with Gasteiger partial charge in [0, 0.05) is 50.1 Å². The van der Waals surface area contributed by atoms with Gasteiger partial charge in [-0.25, -0.2) is 33.0 Å². The number of ether oxygens (including phenoxy) is 5. The lowest BCUT2D eigenvalue weighted by molar-refractivity contribution is -0.497. The number of carbonyl (C=O) groups is 3. The first-order valence-corrected chi connectivity index (χ1v) is 24.3. The molecule has 2 atom stereocenters. The Balaban J connectivity index is 1.15. The molecule has 2 unspecified atom stereocenters. The van der Waals surface area contributed by atoms with Crippen molar-refractivity contribution in [3.63, 3.8) is 0 Å². The molecule has 4 aromatic carbocycles. The highest BCUT2D eigenvalue weighted by Gasteiger charge is 2.50. The number of rotatable bonds is 22. The lowest BCUT2D eigenvalue weighted by Gasteiger charge is -2.50. The molecule has 4 N–H and O–H groups in total. The first kappa shape index (κ1) is 54.4. The number of fused-ring (bicyclic) bond motifs is 2. The number of halogens is 3. The third-order valence-electron chi connectivity index (χ3n) is 12.8. The first-order chi connectivity index (χ1) is 36.2. The Bertz CT molecular complexity index is 2860. The van der Waals surface area contributed by atoms with Gasteiger partial charge in [0.15, 0.2) is 11.6 Å². The van der Waals surface area contributed by atoms with Crippen molar-refractivity contribution in [3.05, 3.63) is 153 Å². The van der Waals surface area contributed by atoms with Crippen molar-refractivity contribution in [1.82, 2.24) is 30.5 Å². The number of hydrogen-bond donors (Lipinski definition) is 4. The molecule has 1 saturated heterocycles. The second-order valence-corrected chi connectivity index (χ2v) is 18.3. The standard InChI is InChI=1S/C52H55ClF2N6O14/c1-32-37(19-20-56-49(32)71-23-22-69-2)27-58(38-15-16-38)50(62)46-42(36-13-11-33(12-14-36)8-5-21-70-48-44(55)18-17-43(54)47(48)53)26-39-28-57(51(63)74-40-9-3-6-34(24-40)30-72-60(65)66)29-45(46)59(39)52(64)75-41-10-4-7-35(25-41)31-73-61(67)68/h3-4,6-7,9-14,17-20,24-25,38-39,45,65-68H,5,8,15-16,21-23,26-31H2,1-2H3. The Morgan fingerprint density at radius 2 is 1.43 bits per heavy atom. The van der Waals surface area contributed by atoms with E-state index >= 15 is 4.79 Å². The Kier molecular flexibility index (Phi) is 18.2. The Morgan fingerprint density at radius 3 is 2.07 bits per heavy atom. The summed E-state index contributed by atoms with van der Waals surface area (Å²) in [5.74, 6) is -1.72. The molecule has 2 aliphatic heterocycles. The number of methoxy groups -OCH3 is 1. The van der Waals surface area contributed by atoms with Gasteiger partial charge in [-0.05, 0) is 115 Å². The van der Waals surface area contributed by atoms with E-state index in [9.17, 15) is 18.4 Å². The number of benzene rings is 4. The van der Waals surface area contributed by atoms with Gasteiger partial charge in [0.2, 0.25) is 5.88 Å². The molecule has 1 aromatic heterocycles. The summed E-state index contributed by atoms with van der Waals surface area (Å²) in [4.78, 5) is 63.5. The molecule has 3 aliphatic rings. The van der Waals surface area contributed by atoms with Crippen LogP contribution in [0, 0.1) is 18.6 Å². The maximum atomic E-state index is 15.8. The van der Waals surface area contributed by atoms with Crippen LogP contribution in [-0.2, 0) is 45.4 Å². The van der Waals surface area contributed by atoms with Gasteiger partial charge >= 0.3 is 12.2 Å². The molecule has 5 aromatic rings. The normalized spacial score (nSPS) is 16.4. The zero-order valence-corrected chi connectivity index (χ0v) is 41.6. The van der Waals surface area contributed by atoms with Gasteiger partial charge in [-0.1, -0.05) is 60.1 Å². The van der Waals surface area contributed by atoms with Crippen LogP contribution < -0.4 is 18.9 Å². The van der Waals surface area contributed by atoms with Gasteiger partial charge in [-0.15, -0.1) is 0 Å². The number of carbonyl (C=O) groups excluding carboxylic acids is 3. The summed E-state index contributed by atoms with van der Waals surface area (Å²) in [6, 6.07) is 21.7. The van der Waals surface area contributed by atoms with Gasteiger partial charge in [0.1, 0.15) is 28.9 Å². The van der Waals surface area contributed by atoms with Crippen molar-refractivity contribution in [3.8, 4) is 23.1 Å². The highest BCUT2D eigenvalue weighted by molar-refractivity contribution is 6.32. The number of aryl methyl sites for hydroxylation is 1. The molecule has 2 bridgehead atoms. The molecule has 8 rings (SSSR count). The summed E-state index contributed by atoms with van der Waals surface area (Å²) in [5, 5.41) is 35.1. The van der Waals surface area contributed by atoms with Crippen LogP contribution in [0.4, 0.5) is 18.4 Å². The van der Waals surface area contributed by atoms with Crippen molar-refractivity contribution in [2.45, 2.75) is 76.9 Å². The number of hydrogen-bond acceptors (Lipinski definition) is 17. The quantitative estimate of drug-likeness (QED) is 0.0290. The zero-order chi connectivity index (χ0) is 53.2. The highest BCUT2D eigenvalue weighted by atomic mass is 35.5. The predicted octanol–water partition coefficient (Wildman–Crippen LogP) is 8.48. The summed E-state index contributed by atoms with van der Waals surface area (Å²) < 4.78 is 56.9. The molecule has 3 heterocycles. The molecule has 1 saturated carbocycles. The molecule has 3 amide bonds. The van der Waals surface area contributed by atoms with Crippen molar-refractivity contribution in [1.29, 1.82) is 0 Å². The largest absolute Gasteiger partial charge is 0.489 e. The summed E-state index contributed by atoms with van der Waals surface area (Å²) in [6.07, 6.45) is 2.43. The topological polar surface area (TPSA) is 226 Å². The minimum absolute atomic E-state index is 0.0443. The second kappa shape index (κ2) is 25.1. The average molecular weight is 1060 g/mol. The van der Waals surface area contributed by atoms with Crippen molar-refractivity contribution in [2.24, 2.45) is 0 Å². The first-order valence-electron chi connectivity index (χ1n) is 23.9. The molecule has 75 heavy (non-hydrogen) atoms. The van der Waals surface area contributed by atoms with Crippen LogP contribution in [-0.4, -0.2) is 128 Å². The van der Waals surface area contributed by atoms with Crippen LogP contribution in [0.3, 0.4) is 0 Å². The summed E-state index contributed by atoms with van der Waals surface area (Å²) in [7, 11) is 1.57. The maximum absolute atomic E-state index is 15.8. The molecular weight excluding hydrogens is 1010 g/mol. The number of piperazine rings is 1. The zero-order valence-electron chi connectivity index (χ0n) is 40.9. The van der Waals surface area contributed by atoms with Crippen LogP contribution in [0.2, 0.25) is 5.02 Å². The van der Waals surface area contributed by atoms with Gasteiger partial charge in [0.25, 0.3) is 5.91 Å². The summed E-state index contributed by atoms with van der Waals surface area (Å²) in [5.41, 5.74) is 4.84. The van der Waals surface area contributed by atoms with E-state index in [0.29, 0.717) is 60.4 Å². The fraction of sp³-hybridized carbons (Fsp3) is 0.346. The minimum Gasteiger partial charge on any atom is -0.489 e. The SMILES string of the molecule is COCCOc1nccc(CN(C(=O)C2=C(c3ccc(CCCOc4c(F)ccc(F)c4Cl)cc3)CC3CN(C(=O)Oc4cccc(CON(O)O)c4)CC2N3C(=O)Oc2cccc(CON(O)O)c2)C2CC2)c1C. The molecule has 2 fully saturated rings. The molecule has 20 nitrogen and oxygen atoms in total. The van der Waals surface area contributed by atoms with E-state index in [4.69, 9.17) is 65.8 Å². The fourth-order valence-corrected chi connectivity index (χ4v) is 9.21. The van der Waals surface area contributed by atoms with E-state index in [1.54, 1.807) is 42.5 Å². The number of amides is 3. The van der Waals surface area contributed by atoms with Crippen LogP contribution >= 0.6 is 11.6 Å². The van der Waals surface area contributed by atoms with Crippen LogP contribution in [0.25, 0.3) is 5.57 Å². The monoisotopic (exact) mass is 1060 g/mol. The van der Waals surface area contributed by atoms with E-state index in [0.717, 1.165) is 28.8 Å². The maximum Gasteiger partial charge on any atom is 0.416 e. The van der Waals surface area contributed by atoms with Crippen molar-refractivity contribution in [2.75, 3.05) is 40.0 Å². The van der Waals surface area contributed by atoms with Crippen molar-refractivity contribution >= 4 is 35.3 Å². The Hall–Kier alpha value is -6.83. The summed E-state index contributed by atoms with van der Waals surface area (Å²) >= 11 is 5.96. The smallest absolute Gasteiger partial charge is 0.416 e. The van der Waals surface area contributed by atoms with Gasteiger partial charge < -0.3 is 33.5 Å². The van der Waals surface area contributed by atoms with E-state index in [2.05, 4.69) is 4.98 Å². The van der Waals surface area contributed by atoms with E-state index in [1.165, 1.54) is 34.1 Å². The van der Waals surface area contributed by atoms with Crippen LogP contribution in [0.15, 0.2) is 103 Å². The molecule has 0 radical (unpaired) electrons. The second-order valence-electron chi connectivity index (χ2n) is 17.9. The fourth-order valence-electron chi connectivity index (χ4n) is 9.01. The third kappa shape index (κ3) is 13.9. The van der Waals surface area contributed by atoms with E-state index < -0.39 is 51.7 Å². The Morgan fingerprint density at radius 1 is 0.773 bits per heavy atom. The Labute approximate surface area is 434 Å². The van der Waals surface area contributed by atoms with E-state index in [1.807, 2.05) is 37.3 Å². The molecular formula is C52H55ClF2N6O14. The van der Waals surface area contributed by atoms with E-state index in [-0.39, 0.29) is 87.3 Å². The molecule has 0 spiro atoms. The predicted molar refractivity (Wildman–Crippen MR) is 259 cm³/mol. The van der Waals surface area contributed by atoms with Crippen molar-refractivity contribution < 1.29 is 77.4 Å². The highest BCUT2D eigenvalue weighted by Crippen LogP contribution is 2.42. The average Bonchev–Trinajstić information content (AvgIpc) is 4.24. The van der Waals surface area contributed by atoms with Gasteiger partial charge in [0.05, 0.1) is 49.3 Å². The lowest BCUT2D eigenvalue weighted by atomic mass is 9.81. The van der Waals surface area contributed by atoms with Gasteiger partial charge in [-0.3, -0.25) is 30.5 Å².